The Kier molecular flexibility index (Phi) is 7.08. The van der Waals surface area contributed by atoms with Crippen LogP contribution in [0.2, 0.25) is 0 Å². The van der Waals surface area contributed by atoms with Crippen molar-refractivity contribution in [3.05, 3.63) is 35.4 Å². The molecule has 0 aliphatic heterocycles. The van der Waals surface area contributed by atoms with Gasteiger partial charge in [0.2, 0.25) is 5.91 Å². The van der Waals surface area contributed by atoms with Gasteiger partial charge in [0.1, 0.15) is 11.6 Å². The maximum Gasteiger partial charge on any atom is 0.303 e. The first-order valence-electron chi connectivity index (χ1n) is 8.95. The second-order valence-electron chi connectivity index (χ2n) is 7.07. The van der Waals surface area contributed by atoms with Gasteiger partial charge in [0.15, 0.2) is 0 Å². The Balaban J connectivity index is 1.84. The maximum absolute atomic E-state index is 13.8. The molecule has 1 aromatic carbocycles. The molecule has 0 saturated heterocycles. The van der Waals surface area contributed by atoms with Crippen LogP contribution >= 0.6 is 0 Å². The Morgan fingerprint density at radius 1 is 1.23 bits per heavy atom. The highest BCUT2D eigenvalue weighted by Crippen LogP contribution is 2.30. The second-order valence-corrected chi connectivity index (χ2v) is 7.07. The maximum atomic E-state index is 13.8. The summed E-state index contributed by atoms with van der Waals surface area (Å²) in [7, 11) is 1.71. The molecular formula is C19H26F2N2O3. The summed E-state index contributed by atoms with van der Waals surface area (Å²) >= 11 is 0. The molecule has 144 valence electrons. The number of carbonyl (C=O) groups excluding carboxylic acids is 1. The highest BCUT2D eigenvalue weighted by Gasteiger charge is 2.29. The van der Waals surface area contributed by atoms with Crippen molar-refractivity contribution in [1.82, 2.24) is 4.90 Å². The van der Waals surface area contributed by atoms with Crippen molar-refractivity contribution in [2.75, 3.05) is 7.05 Å². The first-order chi connectivity index (χ1) is 12.3. The fourth-order valence-corrected chi connectivity index (χ4v) is 3.63. The van der Waals surface area contributed by atoms with E-state index in [0.717, 1.165) is 37.8 Å². The zero-order valence-corrected chi connectivity index (χ0v) is 15.0. The first kappa shape index (κ1) is 20.3. The number of halogens is 2. The van der Waals surface area contributed by atoms with Crippen molar-refractivity contribution < 1.29 is 23.5 Å². The minimum absolute atomic E-state index is 0.00409. The predicted molar refractivity (Wildman–Crippen MR) is 93.4 cm³/mol. The molecular weight excluding hydrogens is 342 g/mol. The van der Waals surface area contributed by atoms with E-state index in [2.05, 4.69) is 0 Å². The smallest absolute Gasteiger partial charge is 0.303 e. The molecule has 2 rings (SSSR count). The molecule has 1 aliphatic carbocycles. The third kappa shape index (κ3) is 5.49. The quantitative estimate of drug-likeness (QED) is 0.775. The number of benzene rings is 1. The van der Waals surface area contributed by atoms with Gasteiger partial charge in [-0.3, -0.25) is 9.59 Å². The van der Waals surface area contributed by atoms with Crippen LogP contribution in [0.25, 0.3) is 0 Å². The number of amides is 1. The van der Waals surface area contributed by atoms with Gasteiger partial charge in [0.25, 0.3) is 0 Å². The van der Waals surface area contributed by atoms with Crippen LogP contribution in [0.5, 0.6) is 0 Å². The van der Waals surface area contributed by atoms with E-state index in [0.29, 0.717) is 5.56 Å². The molecule has 0 radical (unpaired) electrons. The minimum Gasteiger partial charge on any atom is -0.481 e. The Labute approximate surface area is 152 Å². The van der Waals surface area contributed by atoms with Crippen molar-refractivity contribution in [3.8, 4) is 0 Å². The van der Waals surface area contributed by atoms with E-state index in [4.69, 9.17) is 10.8 Å². The summed E-state index contributed by atoms with van der Waals surface area (Å²) in [5, 5.41) is 8.67. The number of hydrogen-bond donors (Lipinski definition) is 2. The van der Waals surface area contributed by atoms with Crippen molar-refractivity contribution in [2.45, 2.75) is 57.0 Å². The summed E-state index contributed by atoms with van der Waals surface area (Å²) < 4.78 is 27.1. The van der Waals surface area contributed by atoms with Gasteiger partial charge < -0.3 is 15.7 Å². The number of carboxylic acids is 1. The molecule has 1 fully saturated rings. The van der Waals surface area contributed by atoms with E-state index >= 15 is 0 Å². The number of hydrogen-bond acceptors (Lipinski definition) is 3. The summed E-state index contributed by atoms with van der Waals surface area (Å²) in [6.07, 6.45) is 3.29. The first-order valence-corrected chi connectivity index (χ1v) is 8.95. The lowest BCUT2D eigenvalue weighted by molar-refractivity contribution is -0.141. The van der Waals surface area contributed by atoms with Crippen molar-refractivity contribution in [2.24, 2.45) is 11.7 Å². The molecule has 0 unspecified atom stereocenters. The van der Waals surface area contributed by atoms with E-state index in [-0.39, 0.29) is 43.2 Å². The van der Waals surface area contributed by atoms with E-state index in [1.165, 1.54) is 6.07 Å². The zero-order chi connectivity index (χ0) is 19.3. The number of nitrogens with two attached hydrogens (primary N) is 1. The standard InChI is InChI=1S/C19H26F2N2O3/c1-23(18(24)8-9-19(25)26)15-5-2-12(3-6-15)17(22)11-13-10-14(20)4-7-16(13)21/h4,7,10,12,15,17H,2-3,5-6,8-9,11,22H2,1H3,(H,25,26)/t12?,15?,17-/m1/s1. The van der Waals surface area contributed by atoms with Crippen molar-refractivity contribution in [3.63, 3.8) is 0 Å². The Morgan fingerprint density at radius 2 is 1.88 bits per heavy atom. The molecule has 1 aromatic rings. The van der Waals surface area contributed by atoms with Gasteiger partial charge in [0, 0.05) is 25.6 Å². The molecule has 3 N–H and O–H groups in total. The Morgan fingerprint density at radius 3 is 2.50 bits per heavy atom. The van der Waals surface area contributed by atoms with Gasteiger partial charge in [-0.15, -0.1) is 0 Å². The van der Waals surface area contributed by atoms with Crippen LogP contribution in [0.3, 0.4) is 0 Å². The fraction of sp³-hybridized carbons (Fsp3) is 0.579. The molecule has 1 amide bonds. The zero-order valence-electron chi connectivity index (χ0n) is 15.0. The largest absolute Gasteiger partial charge is 0.481 e. The number of nitrogens with zero attached hydrogens (tertiary/aromatic N) is 1. The number of rotatable bonds is 7. The molecule has 0 aromatic heterocycles. The summed E-state index contributed by atoms with van der Waals surface area (Å²) in [6, 6.07) is 3.21. The topological polar surface area (TPSA) is 83.6 Å². The van der Waals surface area contributed by atoms with Gasteiger partial charge in [-0.2, -0.15) is 0 Å². The lowest BCUT2D eigenvalue weighted by atomic mass is 9.79. The van der Waals surface area contributed by atoms with E-state index in [9.17, 15) is 18.4 Å². The number of aliphatic carboxylic acids is 1. The predicted octanol–water partition coefficient (Wildman–Crippen LogP) is 2.72. The monoisotopic (exact) mass is 368 g/mol. The minimum atomic E-state index is -0.981. The van der Waals surface area contributed by atoms with Gasteiger partial charge in [-0.25, -0.2) is 8.78 Å². The highest BCUT2D eigenvalue weighted by atomic mass is 19.1. The Bertz CT molecular complexity index is 646. The van der Waals surface area contributed by atoms with Crippen LogP contribution < -0.4 is 5.73 Å². The molecule has 0 spiro atoms. The third-order valence-electron chi connectivity index (χ3n) is 5.30. The normalized spacial score (nSPS) is 21.2. The van der Waals surface area contributed by atoms with E-state index in [1.807, 2.05) is 0 Å². The van der Waals surface area contributed by atoms with Crippen LogP contribution in [0.15, 0.2) is 18.2 Å². The number of carboxylic acid groups (broad SMARTS) is 1. The van der Waals surface area contributed by atoms with E-state index < -0.39 is 17.6 Å². The summed E-state index contributed by atoms with van der Waals surface area (Å²) in [5.41, 5.74) is 6.52. The van der Waals surface area contributed by atoms with Crippen molar-refractivity contribution in [1.29, 1.82) is 0 Å². The SMILES string of the molecule is CN(C(=O)CCC(=O)O)C1CCC([C@H](N)Cc2cc(F)ccc2F)CC1. The van der Waals surface area contributed by atoms with E-state index in [1.54, 1.807) is 11.9 Å². The lowest BCUT2D eigenvalue weighted by Crippen LogP contribution is -2.43. The molecule has 7 heteroatoms. The average Bonchev–Trinajstić information content (AvgIpc) is 2.62. The average molecular weight is 368 g/mol. The molecule has 0 heterocycles. The van der Waals surface area contributed by atoms with Crippen LogP contribution in [-0.4, -0.2) is 41.0 Å². The summed E-state index contributed by atoms with van der Waals surface area (Å²) in [6.45, 7) is 0. The van der Waals surface area contributed by atoms with Gasteiger partial charge >= 0.3 is 5.97 Å². The molecule has 5 nitrogen and oxygen atoms in total. The van der Waals surface area contributed by atoms with Gasteiger partial charge in [-0.1, -0.05) is 0 Å². The summed E-state index contributed by atoms with van der Waals surface area (Å²) in [4.78, 5) is 24.3. The highest BCUT2D eigenvalue weighted by molar-refractivity contribution is 5.80. The van der Waals surface area contributed by atoms with Crippen LogP contribution in [0.4, 0.5) is 8.78 Å². The lowest BCUT2D eigenvalue weighted by Gasteiger charge is -2.36. The van der Waals surface area contributed by atoms with Crippen molar-refractivity contribution >= 4 is 11.9 Å². The van der Waals surface area contributed by atoms with Gasteiger partial charge in [0.05, 0.1) is 6.42 Å². The Hall–Kier alpha value is -2.02. The molecule has 1 aliphatic rings. The van der Waals surface area contributed by atoms with Gasteiger partial charge in [-0.05, 0) is 61.8 Å². The fourth-order valence-electron chi connectivity index (χ4n) is 3.63. The third-order valence-corrected chi connectivity index (χ3v) is 5.30. The molecule has 1 atom stereocenters. The summed E-state index contributed by atoms with van der Waals surface area (Å²) in [5.74, 6) is -1.87. The molecule has 26 heavy (non-hydrogen) atoms. The van der Waals surface area contributed by atoms with Crippen LogP contribution in [0, 0.1) is 17.6 Å². The second kappa shape index (κ2) is 9.07. The molecule has 1 saturated carbocycles. The molecule has 0 bridgehead atoms. The van der Waals surface area contributed by atoms with Crippen LogP contribution in [-0.2, 0) is 16.0 Å². The van der Waals surface area contributed by atoms with Crippen LogP contribution in [0.1, 0.15) is 44.1 Å². The number of carbonyl (C=O) groups is 2.